The number of benzene rings is 1. The van der Waals surface area contributed by atoms with Gasteiger partial charge >= 0.3 is 0 Å². The van der Waals surface area contributed by atoms with Crippen LogP contribution in [0.15, 0.2) is 33.2 Å². The van der Waals surface area contributed by atoms with Gasteiger partial charge in [0, 0.05) is 10.5 Å². The van der Waals surface area contributed by atoms with Crippen molar-refractivity contribution in [2.75, 3.05) is 0 Å². The molecule has 0 radical (unpaired) electrons. The zero-order chi connectivity index (χ0) is 9.42. The predicted octanol–water partition coefficient (Wildman–Crippen LogP) is 2.38. The molecular weight excluding hydrogens is 234 g/mol. The van der Waals surface area contributed by atoms with Crippen LogP contribution in [0, 0.1) is 5.41 Å². The first-order valence-electron chi connectivity index (χ1n) is 3.64. The van der Waals surface area contributed by atoms with Crippen molar-refractivity contribution in [3.8, 4) is 5.75 Å². The lowest BCUT2D eigenvalue weighted by molar-refractivity contribution is 0.477. The number of nitrogens with one attached hydrogen (secondary N) is 1. The molecule has 0 saturated carbocycles. The van der Waals surface area contributed by atoms with Crippen molar-refractivity contribution in [1.29, 1.82) is 5.41 Å². The van der Waals surface area contributed by atoms with Crippen LogP contribution in [0.2, 0.25) is 0 Å². The molecule has 0 bridgehead atoms. The lowest BCUT2D eigenvalue weighted by Crippen LogP contribution is -1.94. The van der Waals surface area contributed by atoms with E-state index in [9.17, 15) is 5.11 Å². The highest BCUT2D eigenvalue weighted by atomic mass is 79.9. The molecule has 0 spiro atoms. The van der Waals surface area contributed by atoms with Gasteiger partial charge in [-0.15, -0.1) is 0 Å². The minimum absolute atomic E-state index is 0.0741. The molecule has 0 aliphatic heterocycles. The second kappa shape index (κ2) is 2.88. The Hall–Kier alpha value is -1.29. The van der Waals surface area contributed by atoms with Gasteiger partial charge in [0.2, 0.25) is 5.55 Å². The normalized spacial score (nSPS) is 10.5. The highest BCUT2D eigenvalue weighted by Crippen LogP contribution is 2.27. The molecule has 1 heterocycles. The van der Waals surface area contributed by atoms with E-state index in [1.165, 1.54) is 6.07 Å². The van der Waals surface area contributed by atoms with E-state index in [1.807, 2.05) is 0 Å². The van der Waals surface area contributed by atoms with Gasteiger partial charge in [0.1, 0.15) is 11.3 Å². The fourth-order valence-electron chi connectivity index (χ4n) is 1.14. The molecular formula is C9H6BrNO2. The summed E-state index contributed by atoms with van der Waals surface area (Å²) in [4.78, 5) is 0. The van der Waals surface area contributed by atoms with Gasteiger partial charge < -0.3 is 9.52 Å². The molecule has 2 rings (SSSR count). The Balaban J connectivity index is 2.94. The average Bonchev–Trinajstić information content (AvgIpc) is 2.02. The molecule has 1 aromatic heterocycles. The van der Waals surface area contributed by atoms with Crippen molar-refractivity contribution in [1.82, 2.24) is 0 Å². The second-order valence-electron chi connectivity index (χ2n) is 2.64. The SMILES string of the molecule is N=c1ccc2c(O)cc(Br)cc2o1. The number of phenolic OH excluding ortho intramolecular Hbond substituents is 1. The largest absolute Gasteiger partial charge is 0.507 e. The molecule has 4 heteroatoms. The van der Waals surface area contributed by atoms with Gasteiger partial charge in [-0.25, -0.2) is 0 Å². The van der Waals surface area contributed by atoms with Gasteiger partial charge in [-0.05, 0) is 18.2 Å². The van der Waals surface area contributed by atoms with Crippen LogP contribution in [-0.4, -0.2) is 5.11 Å². The molecule has 0 unspecified atom stereocenters. The van der Waals surface area contributed by atoms with E-state index in [-0.39, 0.29) is 11.3 Å². The van der Waals surface area contributed by atoms with Gasteiger partial charge in [-0.1, -0.05) is 15.9 Å². The van der Waals surface area contributed by atoms with Gasteiger partial charge in [0.15, 0.2) is 0 Å². The number of aromatic hydroxyl groups is 1. The molecule has 0 amide bonds. The monoisotopic (exact) mass is 239 g/mol. The fourth-order valence-corrected chi connectivity index (χ4v) is 1.57. The second-order valence-corrected chi connectivity index (χ2v) is 3.55. The lowest BCUT2D eigenvalue weighted by Gasteiger charge is -1.99. The molecule has 13 heavy (non-hydrogen) atoms. The average molecular weight is 240 g/mol. The van der Waals surface area contributed by atoms with Crippen molar-refractivity contribution >= 4 is 26.9 Å². The molecule has 0 fully saturated rings. The fraction of sp³-hybridized carbons (Fsp3) is 0. The van der Waals surface area contributed by atoms with Gasteiger partial charge in [0.25, 0.3) is 0 Å². The number of hydrogen-bond donors (Lipinski definition) is 2. The van der Waals surface area contributed by atoms with Crippen LogP contribution >= 0.6 is 15.9 Å². The summed E-state index contributed by atoms with van der Waals surface area (Å²) in [6, 6.07) is 6.45. The molecule has 0 aliphatic carbocycles. The zero-order valence-electron chi connectivity index (χ0n) is 6.54. The molecule has 2 aromatic rings. The lowest BCUT2D eigenvalue weighted by atomic mass is 10.2. The van der Waals surface area contributed by atoms with Crippen LogP contribution in [0.25, 0.3) is 11.0 Å². The standard InChI is InChI=1S/C9H6BrNO2/c10-5-3-7(12)6-1-2-9(11)13-8(6)4-5/h1-4,11-12H. The molecule has 0 atom stereocenters. The summed E-state index contributed by atoms with van der Waals surface area (Å²) >= 11 is 3.23. The molecule has 2 N–H and O–H groups in total. The summed E-state index contributed by atoms with van der Waals surface area (Å²) in [5, 5.41) is 17.4. The van der Waals surface area contributed by atoms with Crippen LogP contribution in [0.1, 0.15) is 0 Å². The maximum absolute atomic E-state index is 9.49. The Morgan fingerprint density at radius 3 is 2.85 bits per heavy atom. The van der Waals surface area contributed by atoms with Crippen LogP contribution in [0.3, 0.4) is 0 Å². The first-order chi connectivity index (χ1) is 6.16. The molecule has 0 aliphatic rings. The van der Waals surface area contributed by atoms with E-state index in [0.29, 0.717) is 11.0 Å². The smallest absolute Gasteiger partial charge is 0.211 e. The number of halogens is 1. The first-order valence-corrected chi connectivity index (χ1v) is 4.43. The number of fused-ring (bicyclic) bond motifs is 1. The Morgan fingerprint density at radius 1 is 1.31 bits per heavy atom. The Bertz CT molecular complexity index is 518. The number of phenols is 1. The van der Waals surface area contributed by atoms with E-state index in [0.717, 1.165) is 4.47 Å². The van der Waals surface area contributed by atoms with Crippen LogP contribution in [0.4, 0.5) is 0 Å². The van der Waals surface area contributed by atoms with E-state index in [4.69, 9.17) is 9.83 Å². The predicted molar refractivity (Wildman–Crippen MR) is 51.4 cm³/mol. The van der Waals surface area contributed by atoms with Crippen molar-refractivity contribution in [2.24, 2.45) is 0 Å². The summed E-state index contributed by atoms with van der Waals surface area (Å²) < 4.78 is 5.83. The van der Waals surface area contributed by atoms with Gasteiger partial charge in [-0.2, -0.15) is 0 Å². The van der Waals surface area contributed by atoms with Gasteiger partial charge in [-0.3, -0.25) is 5.41 Å². The topological polar surface area (TPSA) is 57.2 Å². The molecule has 3 nitrogen and oxygen atoms in total. The maximum atomic E-state index is 9.49. The van der Waals surface area contributed by atoms with Crippen molar-refractivity contribution in [3.63, 3.8) is 0 Å². The number of rotatable bonds is 0. The summed E-state index contributed by atoms with van der Waals surface area (Å²) in [5.74, 6) is 0.146. The minimum Gasteiger partial charge on any atom is -0.507 e. The van der Waals surface area contributed by atoms with Crippen molar-refractivity contribution < 1.29 is 9.52 Å². The Morgan fingerprint density at radius 2 is 2.08 bits per heavy atom. The summed E-state index contributed by atoms with van der Waals surface area (Å²) in [7, 11) is 0. The maximum Gasteiger partial charge on any atom is 0.211 e. The summed E-state index contributed by atoms with van der Waals surface area (Å²) in [6.07, 6.45) is 0. The third-order valence-corrected chi connectivity index (χ3v) is 2.16. The Kier molecular flexibility index (Phi) is 1.84. The van der Waals surface area contributed by atoms with E-state index >= 15 is 0 Å². The molecule has 1 aromatic carbocycles. The molecule has 0 saturated heterocycles. The number of hydrogen-bond acceptors (Lipinski definition) is 3. The summed E-state index contributed by atoms with van der Waals surface area (Å²) in [5.41, 5.74) is 0.573. The minimum atomic E-state index is 0.0741. The van der Waals surface area contributed by atoms with Crippen LogP contribution in [-0.2, 0) is 0 Å². The highest BCUT2D eigenvalue weighted by Gasteiger charge is 2.02. The quantitative estimate of drug-likeness (QED) is 0.742. The van der Waals surface area contributed by atoms with Gasteiger partial charge in [0.05, 0.1) is 5.39 Å². The third kappa shape index (κ3) is 1.45. The van der Waals surface area contributed by atoms with Crippen molar-refractivity contribution in [2.45, 2.75) is 0 Å². The van der Waals surface area contributed by atoms with Crippen LogP contribution < -0.4 is 5.55 Å². The third-order valence-electron chi connectivity index (χ3n) is 1.71. The Labute approximate surface area is 82.3 Å². The first kappa shape index (κ1) is 8.31. The molecule has 66 valence electrons. The van der Waals surface area contributed by atoms with E-state index < -0.39 is 0 Å². The zero-order valence-corrected chi connectivity index (χ0v) is 8.13. The van der Waals surface area contributed by atoms with Crippen LogP contribution in [0.5, 0.6) is 5.75 Å². The highest BCUT2D eigenvalue weighted by molar-refractivity contribution is 9.10. The summed E-state index contributed by atoms with van der Waals surface area (Å²) in [6.45, 7) is 0. The van der Waals surface area contributed by atoms with Crippen molar-refractivity contribution in [3.05, 3.63) is 34.3 Å². The van der Waals surface area contributed by atoms with E-state index in [1.54, 1.807) is 18.2 Å². The van der Waals surface area contributed by atoms with E-state index in [2.05, 4.69) is 15.9 Å².